The molecule has 0 saturated carbocycles. The highest BCUT2D eigenvalue weighted by Crippen LogP contribution is 2.15. The normalized spacial score (nSPS) is 21.0. The molecule has 0 bridgehead atoms. The number of piperidine rings is 1. The summed E-state index contributed by atoms with van der Waals surface area (Å²) in [5.74, 6) is 0.907. The minimum absolute atomic E-state index is 0.156. The third-order valence-corrected chi connectivity index (χ3v) is 3.64. The summed E-state index contributed by atoms with van der Waals surface area (Å²) >= 11 is 0. The van der Waals surface area contributed by atoms with Crippen LogP contribution in [0.1, 0.15) is 26.7 Å². The fourth-order valence-electron chi connectivity index (χ4n) is 2.34. The van der Waals surface area contributed by atoms with Gasteiger partial charge in [0, 0.05) is 27.3 Å². The smallest absolute Gasteiger partial charge is 0.171 e. The standard InChI is InChI=1S/C13H28N2O2/c1-11-5-8-15(9-6-11)10-7-14-12(2)13(16-3)17-4/h11-14H,5-10H2,1-4H3. The first-order valence-corrected chi connectivity index (χ1v) is 6.68. The Bertz CT molecular complexity index is 190. The van der Waals surface area contributed by atoms with Crippen LogP contribution in [0.15, 0.2) is 0 Å². The van der Waals surface area contributed by atoms with Gasteiger partial charge in [0.15, 0.2) is 6.29 Å². The Morgan fingerprint density at radius 3 is 2.35 bits per heavy atom. The lowest BCUT2D eigenvalue weighted by atomic mass is 9.99. The van der Waals surface area contributed by atoms with E-state index in [0.29, 0.717) is 0 Å². The van der Waals surface area contributed by atoms with Gasteiger partial charge < -0.3 is 19.7 Å². The predicted molar refractivity (Wildman–Crippen MR) is 70.1 cm³/mol. The van der Waals surface area contributed by atoms with Crippen molar-refractivity contribution in [2.24, 2.45) is 5.92 Å². The third-order valence-electron chi connectivity index (χ3n) is 3.64. The van der Waals surface area contributed by atoms with Crippen molar-refractivity contribution < 1.29 is 9.47 Å². The number of hydrogen-bond donors (Lipinski definition) is 1. The van der Waals surface area contributed by atoms with Crippen LogP contribution in [0.5, 0.6) is 0 Å². The van der Waals surface area contributed by atoms with E-state index in [9.17, 15) is 0 Å². The van der Waals surface area contributed by atoms with Crippen molar-refractivity contribution in [2.75, 3.05) is 40.4 Å². The number of methoxy groups -OCH3 is 2. The third kappa shape index (κ3) is 5.34. The second-order valence-corrected chi connectivity index (χ2v) is 5.11. The molecule has 0 amide bonds. The molecule has 0 radical (unpaired) electrons. The molecule has 0 spiro atoms. The van der Waals surface area contributed by atoms with Crippen LogP contribution in [0.3, 0.4) is 0 Å². The van der Waals surface area contributed by atoms with Gasteiger partial charge in [-0.2, -0.15) is 0 Å². The van der Waals surface area contributed by atoms with Gasteiger partial charge in [0.1, 0.15) is 0 Å². The van der Waals surface area contributed by atoms with Crippen LogP contribution in [0.2, 0.25) is 0 Å². The monoisotopic (exact) mass is 244 g/mol. The molecule has 4 nitrogen and oxygen atoms in total. The number of ether oxygens (including phenoxy) is 2. The van der Waals surface area contributed by atoms with E-state index in [1.165, 1.54) is 25.9 Å². The number of nitrogens with one attached hydrogen (secondary N) is 1. The van der Waals surface area contributed by atoms with Crippen LogP contribution < -0.4 is 5.32 Å². The molecule has 1 fully saturated rings. The van der Waals surface area contributed by atoms with Gasteiger partial charge in [-0.3, -0.25) is 0 Å². The highest BCUT2D eigenvalue weighted by Gasteiger charge is 2.17. The van der Waals surface area contributed by atoms with E-state index in [-0.39, 0.29) is 12.3 Å². The number of rotatable bonds is 7. The van der Waals surface area contributed by atoms with E-state index in [0.717, 1.165) is 19.0 Å². The van der Waals surface area contributed by atoms with E-state index >= 15 is 0 Å². The molecular weight excluding hydrogens is 216 g/mol. The molecule has 1 aliphatic rings. The van der Waals surface area contributed by atoms with Crippen molar-refractivity contribution in [3.8, 4) is 0 Å². The van der Waals surface area contributed by atoms with E-state index in [1.54, 1.807) is 14.2 Å². The van der Waals surface area contributed by atoms with Gasteiger partial charge >= 0.3 is 0 Å². The highest BCUT2D eigenvalue weighted by molar-refractivity contribution is 4.71. The zero-order valence-electron chi connectivity index (χ0n) is 11.7. The zero-order chi connectivity index (χ0) is 12.7. The van der Waals surface area contributed by atoms with E-state index in [1.807, 2.05) is 0 Å². The van der Waals surface area contributed by atoms with Crippen LogP contribution in [0.25, 0.3) is 0 Å². The molecule has 0 aromatic rings. The first-order chi connectivity index (χ1) is 8.17. The second kappa shape index (κ2) is 8.03. The maximum atomic E-state index is 5.22. The number of nitrogens with zero attached hydrogens (tertiary/aromatic N) is 1. The fourth-order valence-corrected chi connectivity index (χ4v) is 2.34. The Balaban J connectivity index is 2.10. The minimum Gasteiger partial charge on any atom is -0.354 e. The van der Waals surface area contributed by atoms with Gasteiger partial charge in [-0.15, -0.1) is 0 Å². The van der Waals surface area contributed by atoms with Gasteiger partial charge in [-0.25, -0.2) is 0 Å². The summed E-state index contributed by atoms with van der Waals surface area (Å²) in [7, 11) is 3.36. The molecule has 102 valence electrons. The topological polar surface area (TPSA) is 33.7 Å². The molecule has 1 aliphatic heterocycles. The molecule has 1 unspecified atom stereocenters. The van der Waals surface area contributed by atoms with Crippen molar-refractivity contribution in [1.29, 1.82) is 0 Å². The highest BCUT2D eigenvalue weighted by atomic mass is 16.7. The van der Waals surface area contributed by atoms with E-state index in [4.69, 9.17) is 9.47 Å². The molecule has 4 heteroatoms. The van der Waals surface area contributed by atoms with Crippen molar-refractivity contribution in [3.63, 3.8) is 0 Å². The average molecular weight is 244 g/mol. The molecule has 0 aromatic carbocycles. The lowest BCUT2D eigenvalue weighted by Crippen LogP contribution is -2.44. The summed E-state index contributed by atoms with van der Waals surface area (Å²) in [6, 6.07) is 0.230. The van der Waals surface area contributed by atoms with Gasteiger partial charge in [0.25, 0.3) is 0 Å². The first-order valence-electron chi connectivity index (χ1n) is 6.68. The summed E-state index contributed by atoms with van der Waals surface area (Å²) in [6.45, 7) is 9.05. The molecule has 1 atom stereocenters. The Labute approximate surface area is 106 Å². The Morgan fingerprint density at radius 2 is 1.82 bits per heavy atom. The summed E-state index contributed by atoms with van der Waals surface area (Å²) in [5, 5.41) is 3.45. The Kier molecular flexibility index (Phi) is 7.04. The zero-order valence-corrected chi connectivity index (χ0v) is 11.7. The van der Waals surface area contributed by atoms with Gasteiger partial charge in [0.05, 0.1) is 6.04 Å². The minimum atomic E-state index is -0.156. The van der Waals surface area contributed by atoms with Crippen molar-refractivity contribution in [2.45, 2.75) is 39.0 Å². The molecule has 1 saturated heterocycles. The van der Waals surface area contributed by atoms with E-state index < -0.39 is 0 Å². The molecule has 0 aliphatic carbocycles. The maximum absolute atomic E-state index is 5.22. The summed E-state index contributed by atoms with van der Waals surface area (Å²) in [6.07, 6.45) is 2.53. The fraction of sp³-hybridized carbons (Fsp3) is 1.00. The van der Waals surface area contributed by atoms with Crippen molar-refractivity contribution >= 4 is 0 Å². The van der Waals surface area contributed by atoms with Crippen LogP contribution in [-0.4, -0.2) is 57.6 Å². The Hall–Kier alpha value is -0.160. The molecule has 1 heterocycles. The largest absolute Gasteiger partial charge is 0.354 e. The van der Waals surface area contributed by atoms with Crippen LogP contribution in [0.4, 0.5) is 0 Å². The summed E-state index contributed by atoms with van der Waals surface area (Å²) < 4.78 is 10.4. The van der Waals surface area contributed by atoms with Crippen molar-refractivity contribution in [3.05, 3.63) is 0 Å². The molecule has 1 rings (SSSR count). The predicted octanol–water partition coefficient (Wildman–Crippen LogP) is 1.32. The Morgan fingerprint density at radius 1 is 1.24 bits per heavy atom. The van der Waals surface area contributed by atoms with Crippen LogP contribution >= 0.6 is 0 Å². The molecule has 1 N–H and O–H groups in total. The summed E-state index contributed by atoms with van der Waals surface area (Å²) in [4.78, 5) is 2.54. The molecule has 17 heavy (non-hydrogen) atoms. The first kappa shape index (κ1) is 14.9. The SMILES string of the molecule is COC(OC)C(C)NCCN1CCC(C)CC1. The van der Waals surface area contributed by atoms with Crippen LogP contribution in [-0.2, 0) is 9.47 Å². The molecular formula is C13H28N2O2. The lowest BCUT2D eigenvalue weighted by Gasteiger charge is -2.31. The van der Waals surface area contributed by atoms with Crippen LogP contribution in [0, 0.1) is 5.92 Å². The number of hydrogen-bond acceptors (Lipinski definition) is 4. The maximum Gasteiger partial charge on any atom is 0.171 e. The van der Waals surface area contributed by atoms with Gasteiger partial charge in [0.2, 0.25) is 0 Å². The number of likely N-dealkylation sites (tertiary alicyclic amines) is 1. The second-order valence-electron chi connectivity index (χ2n) is 5.11. The summed E-state index contributed by atoms with van der Waals surface area (Å²) in [5.41, 5.74) is 0. The lowest BCUT2D eigenvalue weighted by molar-refractivity contribution is -0.119. The van der Waals surface area contributed by atoms with Gasteiger partial charge in [-0.1, -0.05) is 6.92 Å². The quantitative estimate of drug-likeness (QED) is 0.685. The average Bonchev–Trinajstić information content (AvgIpc) is 2.33. The van der Waals surface area contributed by atoms with Gasteiger partial charge in [-0.05, 0) is 38.8 Å². The van der Waals surface area contributed by atoms with E-state index in [2.05, 4.69) is 24.1 Å². The van der Waals surface area contributed by atoms with Crippen molar-refractivity contribution in [1.82, 2.24) is 10.2 Å². The molecule has 0 aromatic heterocycles.